The van der Waals surface area contributed by atoms with E-state index in [1.165, 1.54) is 11.1 Å². The molecular weight excluding hydrogens is 236 g/mol. The van der Waals surface area contributed by atoms with Gasteiger partial charge in [-0.05, 0) is 23.5 Å². The van der Waals surface area contributed by atoms with E-state index in [9.17, 15) is 0 Å². The zero-order valence-electron chi connectivity index (χ0n) is 12.3. The quantitative estimate of drug-likeness (QED) is 0.646. The lowest BCUT2D eigenvalue weighted by molar-refractivity contribution is 0.307. The molecule has 0 heterocycles. The second-order valence-corrected chi connectivity index (χ2v) is 5.76. The maximum absolute atomic E-state index is 8.72. The van der Waals surface area contributed by atoms with E-state index in [-0.39, 0.29) is 12.0 Å². The third kappa shape index (κ3) is 5.26. The minimum atomic E-state index is 0.0201. The summed E-state index contributed by atoms with van der Waals surface area (Å²) < 4.78 is 0. The fourth-order valence-corrected chi connectivity index (χ4v) is 1.90. The second-order valence-electron chi connectivity index (χ2n) is 5.76. The Kier molecular flexibility index (Phi) is 5.31. The second kappa shape index (κ2) is 6.53. The summed E-state index contributed by atoms with van der Waals surface area (Å²) in [6.45, 7) is 9.03. The number of aliphatic imine (C=N–C) groups is 1. The van der Waals surface area contributed by atoms with Gasteiger partial charge in [-0.25, -0.2) is 0 Å². The van der Waals surface area contributed by atoms with Crippen LogP contribution >= 0.6 is 0 Å². The lowest BCUT2D eigenvalue weighted by Crippen LogP contribution is -2.14. The van der Waals surface area contributed by atoms with E-state index >= 15 is 0 Å². The molecule has 19 heavy (non-hydrogen) atoms. The highest BCUT2D eigenvalue weighted by Crippen LogP contribution is 2.23. The number of aliphatic hydroxyl groups is 1. The van der Waals surface area contributed by atoms with E-state index in [0.717, 1.165) is 5.56 Å². The molecule has 1 aromatic rings. The summed E-state index contributed by atoms with van der Waals surface area (Å²) >= 11 is 0. The molecule has 0 aliphatic carbocycles. The van der Waals surface area contributed by atoms with E-state index < -0.39 is 0 Å². The summed E-state index contributed by atoms with van der Waals surface area (Å²) in [6.07, 6.45) is 2.26. The highest BCUT2D eigenvalue weighted by Gasteiger charge is 2.07. The van der Waals surface area contributed by atoms with Gasteiger partial charge in [-0.3, -0.25) is 4.99 Å². The van der Waals surface area contributed by atoms with Gasteiger partial charge in [-0.15, -0.1) is 0 Å². The van der Waals surface area contributed by atoms with Gasteiger partial charge in [0.15, 0.2) is 0 Å². The minimum absolute atomic E-state index is 0.0201. The van der Waals surface area contributed by atoms with Crippen LogP contribution in [0.15, 0.2) is 35.3 Å². The number of allylic oxidation sites excluding steroid dienone is 2. The van der Waals surface area contributed by atoms with Gasteiger partial charge < -0.3 is 10.8 Å². The van der Waals surface area contributed by atoms with Crippen LogP contribution < -0.4 is 5.73 Å². The van der Waals surface area contributed by atoms with Crippen LogP contribution in [0.1, 0.15) is 38.8 Å². The molecule has 1 aromatic carbocycles. The monoisotopic (exact) mass is 260 g/mol. The lowest BCUT2D eigenvalue weighted by atomic mass is 9.91. The smallest absolute Gasteiger partial charge is 0.125 e. The molecule has 0 fully saturated rings. The summed E-state index contributed by atoms with van der Waals surface area (Å²) in [7, 11) is 0. The van der Waals surface area contributed by atoms with Crippen molar-refractivity contribution in [3.8, 4) is 0 Å². The molecule has 0 atom stereocenters. The van der Waals surface area contributed by atoms with E-state index in [0.29, 0.717) is 12.4 Å². The average molecular weight is 260 g/mol. The van der Waals surface area contributed by atoms with E-state index in [2.05, 4.69) is 38.8 Å². The first kappa shape index (κ1) is 15.4. The summed E-state index contributed by atoms with van der Waals surface area (Å²) in [4.78, 5) is 4.08. The van der Waals surface area contributed by atoms with Gasteiger partial charge in [0.05, 0.1) is 13.2 Å². The standard InChI is InChI=1S/C16H24N2O/c1-12(11-16(2,3)4)13-5-7-14(8-6-13)15(17)18-9-10-19/h5-8,11,19H,9-10H2,1-4H3,(H2,17,18)/b12-11+. The first-order chi connectivity index (χ1) is 8.83. The highest BCUT2D eigenvalue weighted by atomic mass is 16.3. The Morgan fingerprint density at radius 3 is 2.21 bits per heavy atom. The third-order valence-corrected chi connectivity index (χ3v) is 2.67. The van der Waals surface area contributed by atoms with Crippen LogP contribution in [0.4, 0.5) is 0 Å². The molecule has 0 aliphatic rings. The Morgan fingerprint density at radius 1 is 1.21 bits per heavy atom. The largest absolute Gasteiger partial charge is 0.394 e. The molecular formula is C16H24N2O. The first-order valence-corrected chi connectivity index (χ1v) is 6.54. The van der Waals surface area contributed by atoms with Crippen molar-refractivity contribution < 1.29 is 5.11 Å². The predicted octanol–water partition coefficient (Wildman–Crippen LogP) is 2.83. The van der Waals surface area contributed by atoms with Gasteiger partial charge >= 0.3 is 0 Å². The van der Waals surface area contributed by atoms with Gasteiger partial charge in [0, 0.05) is 5.56 Å². The molecule has 3 heteroatoms. The fourth-order valence-electron chi connectivity index (χ4n) is 1.90. The zero-order chi connectivity index (χ0) is 14.5. The molecule has 1 rings (SSSR count). The van der Waals surface area contributed by atoms with E-state index in [1.807, 2.05) is 24.3 Å². The predicted molar refractivity (Wildman–Crippen MR) is 82.2 cm³/mol. The van der Waals surface area contributed by atoms with E-state index in [4.69, 9.17) is 10.8 Å². The third-order valence-electron chi connectivity index (χ3n) is 2.67. The summed E-state index contributed by atoms with van der Waals surface area (Å²) in [5, 5.41) is 8.72. The molecule has 0 aromatic heterocycles. The summed E-state index contributed by atoms with van der Waals surface area (Å²) in [6, 6.07) is 8.03. The van der Waals surface area contributed by atoms with Crippen LogP contribution in [0.2, 0.25) is 0 Å². The number of nitrogens with two attached hydrogens (primary N) is 1. The number of nitrogens with zero attached hydrogens (tertiary/aromatic N) is 1. The van der Waals surface area contributed by atoms with Crippen LogP contribution in [0.3, 0.4) is 0 Å². The van der Waals surface area contributed by atoms with Gasteiger partial charge in [0.1, 0.15) is 5.84 Å². The number of aliphatic hydroxyl groups excluding tert-OH is 1. The normalized spacial score (nSPS) is 13.7. The Morgan fingerprint density at radius 2 is 1.74 bits per heavy atom. The fraction of sp³-hybridized carbons (Fsp3) is 0.438. The van der Waals surface area contributed by atoms with Crippen molar-refractivity contribution in [2.45, 2.75) is 27.7 Å². The highest BCUT2D eigenvalue weighted by molar-refractivity contribution is 5.97. The van der Waals surface area contributed by atoms with E-state index in [1.54, 1.807) is 0 Å². The van der Waals surface area contributed by atoms with Crippen LogP contribution in [0, 0.1) is 5.41 Å². The topological polar surface area (TPSA) is 58.6 Å². The van der Waals surface area contributed by atoms with Crippen molar-refractivity contribution in [2.75, 3.05) is 13.2 Å². The zero-order valence-corrected chi connectivity index (χ0v) is 12.3. The average Bonchev–Trinajstić information content (AvgIpc) is 2.34. The Hall–Kier alpha value is -1.61. The molecule has 3 nitrogen and oxygen atoms in total. The molecule has 104 valence electrons. The Bertz CT molecular complexity index is 465. The summed E-state index contributed by atoms with van der Waals surface area (Å²) in [5.41, 5.74) is 9.34. The molecule has 0 saturated carbocycles. The van der Waals surface area contributed by atoms with Crippen LogP contribution in [0.25, 0.3) is 5.57 Å². The van der Waals surface area contributed by atoms with Crippen molar-refractivity contribution in [3.63, 3.8) is 0 Å². The minimum Gasteiger partial charge on any atom is -0.394 e. The Labute approximate surface area is 115 Å². The molecule has 0 radical (unpaired) electrons. The molecule has 0 spiro atoms. The molecule has 0 aliphatic heterocycles. The maximum atomic E-state index is 8.72. The molecule has 3 N–H and O–H groups in total. The van der Waals surface area contributed by atoms with Gasteiger partial charge in [-0.2, -0.15) is 0 Å². The number of amidine groups is 1. The summed E-state index contributed by atoms with van der Waals surface area (Å²) in [5.74, 6) is 0.470. The molecule has 0 saturated heterocycles. The number of hydrogen-bond donors (Lipinski definition) is 2. The molecule has 0 amide bonds. The number of rotatable bonds is 4. The first-order valence-electron chi connectivity index (χ1n) is 6.54. The Balaban J connectivity index is 2.91. The van der Waals surface area contributed by atoms with Crippen LogP contribution in [0.5, 0.6) is 0 Å². The number of hydrogen-bond acceptors (Lipinski definition) is 2. The SMILES string of the molecule is C/C(=C\C(C)(C)C)c1ccc(C(N)=NCCO)cc1. The van der Waals surface area contributed by atoms with Crippen molar-refractivity contribution in [1.82, 2.24) is 0 Å². The maximum Gasteiger partial charge on any atom is 0.125 e. The van der Waals surface area contributed by atoms with Crippen molar-refractivity contribution in [2.24, 2.45) is 16.1 Å². The van der Waals surface area contributed by atoms with Crippen molar-refractivity contribution in [3.05, 3.63) is 41.5 Å². The van der Waals surface area contributed by atoms with Crippen LogP contribution in [-0.2, 0) is 0 Å². The van der Waals surface area contributed by atoms with Crippen molar-refractivity contribution in [1.29, 1.82) is 0 Å². The lowest BCUT2D eigenvalue weighted by Gasteiger charge is -2.14. The molecule has 0 unspecified atom stereocenters. The van der Waals surface area contributed by atoms with Gasteiger partial charge in [-0.1, -0.05) is 51.1 Å². The van der Waals surface area contributed by atoms with Crippen molar-refractivity contribution >= 4 is 11.4 Å². The molecule has 0 bridgehead atoms. The van der Waals surface area contributed by atoms with Gasteiger partial charge in [0.2, 0.25) is 0 Å². The van der Waals surface area contributed by atoms with Crippen LogP contribution in [-0.4, -0.2) is 24.1 Å². The van der Waals surface area contributed by atoms with Gasteiger partial charge in [0.25, 0.3) is 0 Å². The number of benzene rings is 1.